The van der Waals surface area contributed by atoms with Crippen molar-refractivity contribution in [2.75, 3.05) is 13.7 Å². The van der Waals surface area contributed by atoms with Gasteiger partial charge >= 0.3 is 11.9 Å². The summed E-state index contributed by atoms with van der Waals surface area (Å²) < 4.78 is 43.2. The van der Waals surface area contributed by atoms with Gasteiger partial charge in [-0.25, -0.2) is 13.2 Å². The highest BCUT2D eigenvalue weighted by Crippen LogP contribution is 2.51. The first kappa shape index (κ1) is 30.3. The van der Waals surface area contributed by atoms with Crippen LogP contribution < -0.4 is 4.74 Å². The minimum absolute atomic E-state index is 0.199. The molecule has 39 heavy (non-hydrogen) atoms. The third-order valence-electron chi connectivity index (χ3n) is 6.72. The van der Waals surface area contributed by atoms with Gasteiger partial charge in [-0.2, -0.15) is 0 Å². The number of benzene rings is 1. The molecular formula is C26H30ClNO10S. The number of esters is 2. The summed E-state index contributed by atoms with van der Waals surface area (Å²) in [5.74, 6) is -2.72. The molecule has 3 atom stereocenters. The number of ether oxygens (including phenoxy) is 3. The Balaban J connectivity index is 2.21. The molecule has 0 unspecified atom stereocenters. The first-order valence-corrected chi connectivity index (χ1v) is 14.1. The standard InChI is InChI=1S/C26H30ClNO10S/c1-15(29)5-10-21-20(14-37-17(3)31)26(12-11-16(2)30,28-23(32)22(27)24(28)39(21,34)35)25(33)38-13-18-6-8-19(36-4)9-7-18/h6-9,22,24H,5,10-14H2,1-4H3/t22-,24+,26+/m0/s1. The number of carbonyl (C=O) groups is 5. The molecule has 11 nitrogen and oxygen atoms in total. The van der Waals surface area contributed by atoms with Gasteiger partial charge in [0.05, 0.1) is 12.0 Å². The highest BCUT2D eigenvalue weighted by molar-refractivity contribution is 7.96. The Morgan fingerprint density at radius 1 is 0.974 bits per heavy atom. The Bertz CT molecular complexity index is 1320. The fourth-order valence-electron chi connectivity index (χ4n) is 4.72. The molecule has 2 aliphatic heterocycles. The minimum atomic E-state index is -4.35. The number of sulfone groups is 1. The number of halogens is 1. The van der Waals surface area contributed by atoms with E-state index in [9.17, 15) is 32.4 Å². The first-order valence-electron chi connectivity index (χ1n) is 12.1. The van der Waals surface area contributed by atoms with E-state index in [2.05, 4.69) is 0 Å². The van der Waals surface area contributed by atoms with Crippen LogP contribution in [0.1, 0.15) is 52.0 Å². The van der Waals surface area contributed by atoms with Crippen LogP contribution in [0.2, 0.25) is 0 Å². The molecular weight excluding hydrogens is 554 g/mol. The lowest BCUT2D eigenvalue weighted by Gasteiger charge is -2.57. The van der Waals surface area contributed by atoms with E-state index >= 15 is 0 Å². The molecule has 3 rings (SSSR count). The molecule has 1 aromatic rings. The second kappa shape index (κ2) is 11.9. The molecule has 2 aliphatic rings. The zero-order valence-corrected chi connectivity index (χ0v) is 23.6. The average molecular weight is 584 g/mol. The lowest BCUT2D eigenvalue weighted by molar-refractivity contribution is -0.172. The van der Waals surface area contributed by atoms with Crippen LogP contribution in [0.5, 0.6) is 5.75 Å². The summed E-state index contributed by atoms with van der Waals surface area (Å²) in [6.45, 7) is 2.72. The number of nitrogens with zero attached hydrogens (tertiary/aromatic N) is 1. The molecule has 0 aliphatic carbocycles. The SMILES string of the molecule is COc1ccc(COC(=O)[C@@]2(CCC(C)=O)C(COC(C)=O)=C(CCC(C)=O)S(=O)(=O)[C@@H]3[C@@H](Cl)C(=O)N32)cc1. The van der Waals surface area contributed by atoms with Crippen molar-refractivity contribution in [3.63, 3.8) is 0 Å². The molecule has 1 amide bonds. The highest BCUT2D eigenvalue weighted by atomic mass is 35.5. The normalized spacial score (nSPS) is 23.4. The average Bonchev–Trinajstić information content (AvgIpc) is 2.88. The van der Waals surface area contributed by atoms with Crippen LogP contribution in [0.4, 0.5) is 0 Å². The van der Waals surface area contributed by atoms with Crippen molar-refractivity contribution in [3.8, 4) is 5.75 Å². The second-order valence-corrected chi connectivity index (χ2v) is 12.0. The van der Waals surface area contributed by atoms with Crippen LogP contribution in [0.3, 0.4) is 0 Å². The Morgan fingerprint density at radius 3 is 2.13 bits per heavy atom. The van der Waals surface area contributed by atoms with Gasteiger partial charge in [0.15, 0.2) is 20.8 Å². The van der Waals surface area contributed by atoms with Gasteiger partial charge in [-0.15, -0.1) is 11.6 Å². The van der Waals surface area contributed by atoms with Crippen LogP contribution in [0.25, 0.3) is 0 Å². The van der Waals surface area contributed by atoms with Gasteiger partial charge in [0.2, 0.25) is 5.91 Å². The number of allylic oxidation sites excluding steroid dienone is 1. The van der Waals surface area contributed by atoms with E-state index in [1.165, 1.54) is 21.0 Å². The third-order valence-corrected chi connectivity index (χ3v) is 9.55. The molecule has 1 aromatic carbocycles. The fraction of sp³-hybridized carbons (Fsp3) is 0.500. The van der Waals surface area contributed by atoms with Crippen LogP contribution in [-0.4, -0.2) is 72.7 Å². The number of hydrogen-bond acceptors (Lipinski definition) is 10. The number of ketones is 2. The van der Waals surface area contributed by atoms with E-state index in [1.54, 1.807) is 24.3 Å². The summed E-state index contributed by atoms with van der Waals surface area (Å²) in [5.41, 5.74) is -1.77. The van der Waals surface area contributed by atoms with Crippen molar-refractivity contribution in [2.45, 2.75) is 69.4 Å². The number of fused-ring (bicyclic) bond motifs is 1. The summed E-state index contributed by atoms with van der Waals surface area (Å²) in [7, 11) is -2.86. The van der Waals surface area contributed by atoms with E-state index in [4.69, 9.17) is 25.8 Å². The topological polar surface area (TPSA) is 150 Å². The number of alkyl halides is 1. The van der Waals surface area contributed by atoms with Gasteiger partial charge in [-0.1, -0.05) is 12.1 Å². The van der Waals surface area contributed by atoms with Crippen LogP contribution in [0, 0.1) is 0 Å². The molecule has 0 spiro atoms. The summed E-state index contributed by atoms with van der Waals surface area (Å²) in [4.78, 5) is 63.3. The van der Waals surface area contributed by atoms with Crippen LogP contribution in [0.15, 0.2) is 34.7 Å². The van der Waals surface area contributed by atoms with Gasteiger partial charge < -0.3 is 28.7 Å². The number of rotatable bonds is 12. The van der Waals surface area contributed by atoms with Crippen molar-refractivity contribution in [3.05, 3.63) is 40.3 Å². The Labute approximate surface area is 231 Å². The lowest BCUT2D eigenvalue weighted by atomic mass is 9.79. The molecule has 0 N–H and O–H groups in total. The minimum Gasteiger partial charge on any atom is -0.497 e. The predicted octanol–water partition coefficient (Wildman–Crippen LogP) is 2.24. The molecule has 1 saturated heterocycles. The molecule has 1 fully saturated rings. The maximum atomic E-state index is 14.0. The van der Waals surface area contributed by atoms with Gasteiger partial charge in [-0.05, 0) is 44.4 Å². The number of methoxy groups -OCH3 is 1. The Kier molecular flexibility index (Phi) is 9.22. The van der Waals surface area contributed by atoms with Crippen LogP contribution in [-0.2, 0) is 49.9 Å². The number of amides is 1. The van der Waals surface area contributed by atoms with E-state index in [1.807, 2.05) is 0 Å². The lowest BCUT2D eigenvalue weighted by Crippen LogP contribution is -2.78. The number of carbonyl (C=O) groups excluding carboxylic acids is 5. The number of Topliss-reactive ketones (excluding diaryl/α,β-unsaturated/α-hetero) is 2. The maximum Gasteiger partial charge on any atom is 0.337 e. The predicted molar refractivity (Wildman–Crippen MR) is 138 cm³/mol. The van der Waals surface area contributed by atoms with Crippen molar-refractivity contribution in [1.29, 1.82) is 0 Å². The summed E-state index contributed by atoms with van der Waals surface area (Å²) in [6.07, 6.45) is -1.09. The smallest absolute Gasteiger partial charge is 0.337 e. The maximum absolute atomic E-state index is 14.0. The molecule has 0 aromatic heterocycles. The zero-order valence-electron chi connectivity index (χ0n) is 22.0. The number of β-lactam (4-membered cyclic amide) rings is 1. The largest absolute Gasteiger partial charge is 0.497 e. The van der Waals surface area contributed by atoms with E-state index in [0.29, 0.717) is 11.3 Å². The second-order valence-electron chi connectivity index (χ2n) is 9.42. The highest BCUT2D eigenvalue weighted by Gasteiger charge is 2.69. The van der Waals surface area contributed by atoms with E-state index in [-0.39, 0.29) is 54.3 Å². The van der Waals surface area contributed by atoms with E-state index < -0.39 is 50.6 Å². The van der Waals surface area contributed by atoms with Gasteiger partial charge in [0.1, 0.15) is 35.9 Å². The number of hydrogen-bond donors (Lipinski definition) is 0. The molecule has 0 saturated carbocycles. The third kappa shape index (κ3) is 5.86. The molecule has 212 valence electrons. The summed E-state index contributed by atoms with van der Waals surface area (Å²) in [6, 6.07) is 6.61. The fourth-order valence-corrected chi connectivity index (χ4v) is 7.59. The van der Waals surface area contributed by atoms with Crippen molar-refractivity contribution in [2.24, 2.45) is 0 Å². The zero-order chi connectivity index (χ0) is 29.1. The molecule has 13 heteroatoms. The van der Waals surface area contributed by atoms with Gasteiger partial charge in [0, 0.05) is 25.3 Å². The molecule has 2 heterocycles. The summed E-state index contributed by atoms with van der Waals surface area (Å²) >= 11 is 6.18. The first-order chi connectivity index (χ1) is 18.3. The Hall–Kier alpha value is -3.25. The van der Waals surface area contributed by atoms with Crippen molar-refractivity contribution < 1.29 is 46.6 Å². The van der Waals surface area contributed by atoms with E-state index in [0.717, 1.165) is 11.8 Å². The van der Waals surface area contributed by atoms with Gasteiger partial charge in [-0.3, -0.25) is 9.59 Å². The van der Waals surface area contributed by atoms with Gasteiger partial charge in [0.25, 0.3) is 0 Å². The Morgan fingerprint density at radius 2 is 1.59 bits per heavy atom. The molecule has 0 bridgehead atoms. The van der Waals surface area contributed by atoms with Crippen molar-refractivity contribution >= 4 is 50.9 Å². The van der Waals surface area contributed by atoms with Crippen molar-refractivity contribution in [1.82, 2.24) is 4.90 Å². The molecule has 0 radical (unpaired) electrons. The van der Waals surface area contributed by atoms with Crippen LogP contribution >= 0.6 is 11.6 Å². The summed E-state index contributed by atoms with van der Waals surface area (Å²) in [5, 5.41) is -3.13. The monoisotopic (exact) mass is 583 g/mol. The quantitative estimate of drug-likeness (QED) is 0.203.